The third-order valence-electron chi connectivity index (χ3n) is 3.36. The van der Waals surface area contributed by atoms with Crippen LogP contribution in [-0.4, -0.2) is 37.6 Å². The standard InChI is InChI=1S/C14H18FNO3S/c1-14(2,3)13(17)16-8-12(9-16)20(18,19)11-6-4-10(15)5-7-11/h4-7,12H,8-9H2,1-3H3. The Morgan fingerprint density at radius 3 is 2.15 bits per heavy atom. The van der Waals surface area contributed by atoms with Crippen LogP contribution in [-0.2, 0) is 14.6 Å². The maximum absolute atomic E-state index is 12.8. The number of sulfone groups is 1. The molecule has 1 aromatic rings. The molecule has 1 aromatic carbocycles. The van der Waals surface area contributed by atoms with Gasteiger partial charge in [0.2, 0.25) is 5.91 Å². The van der Waals surface area contributed by atoms with Crippen molar-refractivity contribution in [2.75, 3.05) is 13.1 Å². The van der Waals surface area contributed by atoms with Crippen LogP contribution in [0.2, 0.25) is 0 Å². The first-order valence-corrected chi connectivity index (χ1v) is 7.96. The van der Waals surface area contributed by atoms with Gasteiger partial charge in [0.25, 0.3) is 0 Å². The summed E-state index contributed by atoms with van der Waals surface area (Å²) >= 11 is 0. The SMILES string of the molecule is CC(C)(C)C(=O)N1CC(S(=O)(=O)c2ccc(F)cc2)C1. The second-order valence-electron chi connectivity index (χ2n) is 6.08. The number of amides is 1. The first kappa shape index (κ1) is 15.0. The molecule has 0 unspecified atom stereocenters. The van der Waals surface area contributed by atoms with Crippen LogP contribution in [0.4, 0.5) is 4.39 Å². The Balaban J connectivity index is 2.09. The highest BCUT2D eigenvalue weighted by Gasteiger charge is 2.43. The van der Waals surface area contributed by atoms with E-state index in [0.717, 1.165) is 12.1 Å². The van der Waals surface area contributed by atoms with Gasteiger partial charge in [-0.2, -0.15) is 0 Å². The number of halogens is 1. The average molecular weight is 299 g/mol. The van der Waals surface area contributed by atoms with Gasteiger partial charge >= 0.3 is 0 Å². The first-order valence-electron chi connectivity index (χ1n) is 6.41. The summed E-state index contributed by atoms with van der Waals surface area (Å²) in [4.78, 5) is 13.6. The van der Waals surface area contributed by atoms with E-state index < -0.39 is 26.3 Å². The molecule has 1 aliphatic heterocycles. The van der Waals surface area contributed by atoms with Crippen LogP contribution in [0, 0.1) is 11.2 Å². The molecular weight excluding hydrogens is 281 g/mol. The van der Waals surface area contributed by atoms with Gasteiger partial charge in [-0.1, -0.05) is 20.8 Å². The molecule has 110 valence electrons. The lowest BCUT2D eigenvalue weighted by Crippen LogP contribution is -2.59. The van der Waals surface area contributed by atoms with Gasteiger partial charge in [-0.3, -0.25) is 4.79 Å². The molecule has 0 atom stereocenters. The molecule has 1 heterocycles. The minimum atomic E-state index is -3.49. The normalized spacial score (nSPS) is 16.9. The summed E-state index contributed by atoms with van der Waals surface area (Å²) in [7, 11) is -3.49. The zero-order valence-electron chi connectivity index (χ0n) is 11.8. The molecule has 2 rings (SSSR count). The predicted octanol–water partition coefficient (Wildman–Crippen LogP) is 1.86. The zero-order chi connectivity index (χ0) is 15.1. The lowest BCUT2D eigenvalue weighted by Gasteiger charge is -2.41. The predicted molar refractivity (Wildman–Crippen MR) is 73.4 cm³/mol. The molecule has 0 saturated carbocycles. The Morgan fingerprint density at radius 2 is 1.70 bits per heavy atom. The van der Waals surface area contributed by atoms with Gasteiger partial charge in [0.05, 0.1) is 4.90 Å². The van der Waals surface area contributed by atoms with E-state index in [2.05, 4.69) is 0 Å². The molecule has 1 saturated heterocycles. The summed E-state index contributed by atoms with van der Waals surface area (Å²) in [5.74, 6) is -0.523. The van der Waals surface area contributed by atoms with Crippen LogP contribution >= 0.6 is 0 Å². The number of hydrogen-bond donors (Lipinski definition) is 0. The third kappa shape index (κ3) is 2.70. The number of carbonyl (C=O) groups is 1. The lowest BCUT2D eigenvalue weighted by atomic mass is 9.93. The van der Waals surface area contributed by atoms with Crippen molar-refractivity contribution in [2.45, 2.75) is 30.9 Å². The number of likely N-dealkylation sites (tertiary alicyclic amines) is 1. The Kier molecular flexibility index (Phi) is 3.62. The van der Waals surface area contributed by atoms with Gasteiger partial charge in [0.15, 0.2) is 9.84 Å². The number of nitrogens with zero attached hydrogens (tertiary/aromatic N) is 1. The number of rotatable bonds is 2. The zero-order valence-corrected chi connectivity index (χ0v) is 12.6. The summed E-state index contributed by atoms with van der Waals surface area (Å²) < 4.78 is 37.4. The smallest absolute Gasteiger partial charge is 0.228 e. The van der Waals surface area contributed by atoms with Crippen molar-refractivity contribution in [1.82, 2.24) is 4.90 Å². The van der Waals surface area contributed by atoms with E-state index in [1.54, 1.807) is 25.7 Å². The van der Waals surface area contributed by atoms with Crippen LogP contribution in [0.5, 0.6) is 0 Å². The van der Waals surface area contributed by atoms with Crippen molar-refractivity contribution in [3.63, 3.8) is 0 Å². The van der Waals surface area contributed by atoms with Crippen molar-refractivity contribution in [3.05, 3.63) is 30.1 Å². The second-order valence-corrected chi connectivity index (χ2v) is 8.31. The summed E-state index contributed by atoms with van der Waals surface area (Å²) in [6.45, 7) is 5.82. The molecule has 4 nitrogen and oxygen atoms in total. The van der Waals surface area contributed by atoms with Gasteiger partial charge in [-0.05, 0) is 24.3 Å². The number of hydrogen-bond acceptors (Lipinski definition) is 3. The van der Waals surface area contributed by atoms with Crippen LogP contribution in [0.15, 0.2) is 29.2 Å². The van der Waals surface area contributed by atoms with Crippen LogP contribution in [0.1, 0.15) is 20.8 Å². The largest absolute Gasteiger partial charge is 0.339 e. The van der Waals surface area contributed by atoms with E-state index in [-0.39, 0.29) is 23.9 Å². The van der Waals surface area contributed by atoms with Crippen molar-refractivity contribution < 1.29 is 17.6 Å². The van der Waals surface area contributed by atoms with Crippen molar-refractivity contribution in [3.8, 4) is 0 Å². The van der Waals surface area contributed by atoms with Crippen molar-refractivity contribution in [1.29, 1.82) is 0 Å². The van der Waals surface area contributed by atoms with Crippen LogP contribution in [0.25, 0.3) is 0 Å². The Labute approximate surface area is 118 Å². The van der Waals surface area contributed by atoms with E-state index in [1.165, 1.54) is 12.1 Å². The summed E-state index contributed by atoms with van der Waals surface area (Å²) in [6, 6.07) is 4.78. The highest BCUT2D eigenvalue weighted by Crippen LogP contribution is 2.27. The molecule has 20 heavy (non-hydrogen) atoms. The van der Waals surface area contributed by atoms with E-state index in [1.807, 2.05) is 0 Å². The Hall–Kier alpha value is -1.43. The average Bonchev–Trinajstić information content (AvgIpc) is 2.25. The van der Waals surface area contributed by atoms with Crippen molar-refractivity contribution >= 4 is 15.7 Å². The molecule has 0 N–H and O–H groups in total. The monoisotopic (exact) mass is 299 g/mol. The highest BCUT2D eigenvalue weighted by molar-refractivity contribution is 7.92. The molecule has 1 fully saturated rings. The minimum absolute atomic E-state index is 0.0527. The highest BCUT2D eigenvalue weighted by atomic mass is 32.2. The van der Waals surface area contributed by atoms with Gasteiger partial charge in [-0.15, -0.1) is 0 Å². The van der Waals surface area contributed by atoms with Gasteiger partial charge in [0.1, 0.15) is 11.1 Å². The van der Waals surface area contributed by atoms with Gasteiger partial charge in [-0.25, -0.2) is 12.8 Å². The molecule has 1 aliphatic rings. The first-order chi connectivity index (χ1) is 9.12. The Morgan fingerprint density at radius 1 is 1.20 bits per heavy atom. The van der Waals surface area contributed by atoms with E-state index in [4.69, 9.17) is 0 Å². The molecule has 6 heteroatoms. The van der Waals surface area contributed by atoms with Crippen LogP contribution < -0.4 is 0 Å². The molecule has 1 amide bonds. The molecule has 0 aliphatic carbocycles. The molecule has 0 aromatic heterocycles. The quantitative estimate of drug-likeness (QED) is 0.783. The minimum Gasteiger partial charge on any atom is -0.339 e. The molecule has 0 spiro atoms. The molecule has 0 radical (unpaired) electrons. The van der Waals surface area contributed by atoms with Gasteiger partial charge in [0, 0.05) is 18.5 Å². The van der Waals surface area contributed by atoms with E-state index >= 15 is 0 Å². The van der Waals surface area contributed by atoms with Crippen molar-refractivity contribution in [2.24, 2.45) is 5.41 Å². The lowest BCUT2D eigenvalue weighted by molar-refractivity contribution is -0.142. The third-order valence-corrected chi connectivity index (χ3v) is 5.46. The Bertz CT molecular complexity index is 611. The fourth-order valence-corrected chi connectivity index (χ4v) is 3.74. The fraction of sp³-hybridized carbons (Fsp3) is 0.500. The maximum Gasteiger partial charge on any atom is 0.228 e. The summed E-state index contributed by atoms with van der Waals surface area (Å²) in [5.41, 5.74) is -0.509. The summed E-state index contributed by atoms with van der Waals surface area (Å²) in [5, 5.41) is -0.598. The maximum atomic E-state index is 12.8. The second kappa shape index (κ2) is 4.84. The topological polar surface area (TPSA) is 54.5 Å². The van der Waals surface area contributed by atoms with Gasteiger partial charge < -0.3 is 4.90 Å². The number of carbonyl (C=O) groups excluding carboxylic acids is 1. The summed E-state index contributed by atoms with van der Waals surface area (Å²) in [6.07, 6.45) is 0. The van der Waals surface area contributed by atoms with Crippen LogP contribution in [0.3, 0.4) is 0 Å². The molecular formula is C14H18FNO3S. The van der Waals surface area contributed by atoms with E-state index in [9.17, 15) is 17.6 Å². The van der Waals surface area contributed by atoms with E-state index in [0.29, 0.717) is 0 Å². The molecule has 0 bridgehead atoms. The fourth-order valence-electron chi connectivity index (χ4n) is 2.09. The number of benzene rings is 1.